The maximum atomic E-state index is 12.1. The van der Waals surface area contributed by atoms with Crippen LogP contribution in [0.5, 0.6) is 0 Å². The fourth-order valence-corrected chi connectivity index (χ4v) is 16.4. The van der Waals surface area contributed by atoms with E-state index in [1.165, 1.54) is 71.3 Å². The van der Waals surface area contributed by atoms with Gasteiger partial charge in [-0.05, 0) is 136 Å². The molecule has 25 nitrogen and oxygen atoms in total. The molecule has 5 fully saturated rings. The van der Waals surface area contributed by atoms with E-state index in [1.54, 1.807) is 47.6 Å². The highest BCUT2D eigenvalue weighted by Crippen LogP contribution is 2.53. The van der Waals surface area contributed by atoms with Gasteiger partial charge in [-0.1, -0.05) is 128 Å². The fraction of sp³-hybridized carbons (Fsp3) is 0.318. The Hall–Kier alpha value is -12.8. The molecule has 0 amide bonds. The van der Waals surface area contributed by atoms with Crippen molar-refractivity contribution in [2.24, 2.45) is 29.6 Å². The maximum absolute atomic E-state index is 12.1. The van der Waals surface area contributed by atoms with Gasteiger partial charge in [-0.15, -0.1) is 0 Å². The number of hydrogen-bond acceptors (Lipinski definition) is 25. The van der Waals surface area contributed by atoms with Crippen molar-refractivity contribution < 1.29 is 119 Å². The topological polar surface area (TPSA) is 309 Å². The van der Waals surface area contributed by atoms with Crippen LogP contribution in [0.1, 0.15) is 141 Å². The standard InChI is InChI=1S/3C18H16O5.2C17H14O5/c2*1-9-10(2)18(23-16(9)19)21-8-14-13-7-11-5-3-4-6-12(11)15(13)22-17(14)20;1-2-10-8-15(22-17(10)19)21-9-14-13-7-11-5-3-4-6-12(11)16(13)23-18(14)20;2*1-9-6-14(18)21-17(9)20-8-13-12-7-10-4-2-3-5-11(10)15(12)22-16(13)19/h2*3-6,8,13,15,18H,7H2,1-2H3;3-6,8-9,13,15-16H,2,7H2,1H3;2*2-6,8,12,15,17H,7H2,1H3/b2*14-8+;14-9+;2*13-8+/t13-,15-,18+;13-,15-,18-;13-,15+,16-;12-,15-,17+;12-,15-,17-/m11001/s1. The van der Waals surface area contributed by atoms with Crippen LogP contribution < -0.4 is 0 Å². The normalized spacial score (nSPS) is 30.4. The second kappa shape index (κ2) is 30.5. The lowest BCUT2D eigenvalue weighted by atomic mass is 9.98. The van der Waals surface area contributed by atoms with E-state index in [0.717, 1.165) is 71.1 Å². The number of fused-ring (bicyclic) bond motifs is 15. The van der Waals surface area contributed by atoms with Crippen molar-refractivity contribution in [2.45, 2.75) is 149 Å². The first-order chi connectivity index (χ1) is 54.5. The molecule has 20 rings (SSSR count). The lowest BCUT2D eigenvalue weighted by Gasteiger charge is -2.12. The van der Waals surface area contributed by atoms with Gasteiger partial charge in [0.25, 0.3) is 31.5 Å². The van der Waals surface area contributed by atoms with Crippen molar-refractivity contribution in [1.29, 1.82) is 0 Å². The van der Waals surface area contributed by atoms with Crippen LogP contribution in [-0.2, 0) is 151 Å². The first-order valence-electron chi connectivity index (χ1n) is 37.2. The molecule has 25 heteroatoms. The summed E-state index contributed by atoms with van der Waals surface area (Å²) in [6.07, 6.45) is 10.8. The van der Waals surface area contributed by atoms with Gasteiger partial charge < -0.3 is 71.1 Å². The molecule has 0 aromatic heterocycles. The lowest BCUT2D eigenvalue weighted by Crippen LogP contribution is -2.14. The van der Waals surface area contributed by atoms with Gasteiger partial charge in [-0.25, -0.2) is 47.9 Å². The van der Waals surface area contributed by atoms with Gasteiger partial charge in [0.2, 0.25) is 0 Å². The van der Waals surface area contributed by atoms with Gasteiger partial charge in [0, 0.05) is 86.8 Å². The maximum Gasteiger partial charge on any atom is 0.338 e. The molecule has 5 aromatic rings. The zero-order valence-corrected chi connectivity index (χ0v) is 62.3. The van der Waals surface area contributed by atoms with Crippen LogP contribution in [0.3, 0.4) is 0 Å². The third kappa shape index (κ3) is 14.2. The monoisotopic (exact) mass is 1530 g/mol. The molecule has 10 aliphatic heterocycles. The number of hydrogen-bond donors (Lipinski definition) is 0. The molecule has 578 valence electrons. The lowest BCUT2D eigenvalue weighted by molar-refractivity contribution is -0.154. The summed E-state index contributed by atoms with van der Waals surface area (Å²) in [6.45, 7) is 12.3. The molecule has 10 heterocycles. The molecule has 15 aliphatic rings. The third-order valence-corrected chi connectivity index (χ3v) is 22.8. The minimum absolute atomic E-state index is 0.0355. The Bertz CT molecular complexity index is 4990. The molecule has 0 radical (unpaired) electrons. The number of esters is 10. The molecule has 15 atom stereocenters. The SMILES string of the molecule is CC1=C(C)[C@@H](O/C=C2/C(=O)O[C@@H]3c4ccccc4C[C@H]23)OC1=O.CC1=C(C)[C@H](O/C=C2/C(=O)O[C@@H]3c4ccccc4C[C@H]23)OC1=O.CC1=CC(=O)O[C@H]1O/C=C1/C(=O)O[C@@H]2c3ccccc3C[C@H]12.CC1=CC(=O)O[C@H]1O/C=C1/C(=O)O[C@H]2c3ccccc3C[C@@H]12.CCC1=C[C@H](O/C=C2/C(=O)O[C@H]3c4ccccc4C[C@@H]23)OC1=O. The van der Waals surface area contributed by atoms with Crippen LogP contribution in [0, 0.1) is 29.6 Å². The second-order valence-corrected chi connectivity index (χ2v) is 29.4. The van der Waals surface area contributed by atoms with Crippen molar-refractivity contribution in [3.63, 3.8) is 0 Å². The Morgan fingerprint density at radius 1 is 0.310 bits per heavy atom. The molecule has 0 spiro atoms. The van der Waals surface area contributed by atoms with Gasteiger partial charge in [0.15, 0.2) is 0 Å². The van der Waals surface area contributed by atoms with Crippen LogP contribution in [0.2, 0.25) is 0 Å². The van der Waals surface area contributed by atoms with Crippen LogP contribution in [0.15, 0.2) is 238 Å². The summed E-state index contributed by atoms with van der Waals surface area (Å²) in [5.74, 6) is -4.00. The highest BCUT2D eigenvalue weighted by molar-refractivity contribution is 5.96. The first-order valence-corrected chi connectivity index (χ1v) is 37.2. The molecule has 5 saturated heterocycles. The van der Waals surface area contributed by atoms with Crippen LogP contribution >= 0.6 is 0 Å². The summed E-state index contributed by atoms with van der Waals surface area (Å²) in [6, 6.07) is 39.8. The van der Waals surface area contributed by atoms with E-state index in [1.807, 2.05) is 110 Å². The Kier molecular flexibility index (Phi) is 20.0. The van der Waals surface area contributed by atoms with Crippen molar-refractivity contribution in [3.05, 3.63) is 293 Å². The van der Waals surface area contributed by atoms with Crippen LogP contribution in [0.25, 0.3) is 0 Å². The van der Waals surface area contributed by atoms with Crippen LogP contribution in [0.4, 0.5) is 0 Å². The van der Waals surface area contributed by atoms with Gasteiger partial charge in [0.1, 0.15) is 30.5 Å². The first kappa shape index (κ1) is 74.3. The molecule has 0 N–H and O–H groups in total. The smallest absolute Gasteiger partial charge is 0.338 e. The fourth-order valence-electron chi connectivity index (χ4n) is 16.4. The third-order valence-electron chi connectivity index (χ3n) is 22.8. The van der Waals surface area contributed by atoms with Crippen molar-refractivity contribution in [1.82, 2.24) is 0 Å². The number of rotatable bonds is 11. The molecule has 5 aliphatic carbocycles. The zero-order valence-electron chi connectivity index (χ0n) is 62.3. The Morgan fingerprint density at radius 2 is 0.575 bits per heavy atom. The summed E-state index contributed by atoms with van der Waals surface area (Å²) in [4.78, 5) is 117. The van der Waals surface area contributed by atoms with E-state index in [2.05, 4.69) is 18.2 Å². The molecule has 0 bridgehead atoms. The van der Waals surface area contributed by atoms with E-state index in [4.69, 9.17) is 71.1 Å². The minimum Gasteiger partial charge on any atom is -0.458 e. The minimum atomic E-state index is -0.763. The van der Waals surface area contributed by atoms with Gasteiger partial charge in [-0.2, -0.15) is 0 Å². The van der Waals surface area contributed by atoms with Crippen molar-refractivity contribution in [3.8, 4) is 0 Å². The molecule has 0 saturated carbocycles. The molecule has 5 aromatic carbocycles. The van der Waals surface area contributed by atoms with Crippen LogP contribution in [-0.4, -0.2) is 91.1 Å². The Balaban J connectivity index is 0.000000107. The van der Waals surface area contributed by atoms with E-state index in [0.29, 0.717) is 62.2 Å². The summed E-state index contributed by atoms with van der Waals surface area (Å²) in [5.41, 5.74) is 18.3. The summed E-state index contributed by atoms with van der Waals surface area (Å²) >= 11 is 0. The van der Waals surface area contributed by atoms with Gasteiger partial charge in [0.05, 0.1) is 59.2 Å². The second-order valence-electron chi connectivity index (χ2n) is 29.4. The van der Waals surface area contributed by atoms with E-state index in [9.17, 15) is 47.9 Å². The molecular weight excluding hydrogens is 1460 g/mol. The zero-order chi connectivity index (χ0) is 78.8. The number of carbonyl (C=O) groups excluding carboxylic acids is 10. The van der Waals surface area contributed by atoms with E-state index in [-0.39, 0.29) is 108 Å². The summed E-state index contributed by atoms with van der Waals surface area (Å²) in [5, 5.41) is 0. The molecule has 113 heavy (non-hydrogen) atoms. The van der Waals surface area contributed by atoms with Crippen molar-refractivity contribution in [2.75, 3.05) is 0 Å². The summed E-state index contributed by atoms with van der Waals surface area (Å²) < 4.78 is 80.3. The number of benzene rings is 5. The Morgan fingerprint density at radius 3 is 0.814 bits per heavy atom. The average molecular weight is 1530 g/mol. The number of ether oxygens (including phenoxy) is 15. The Labute approximate surface area is 647 Å². The van der Waals surface area contributed by atoms with Gasteiger partial charge >= 0.3 is 59.7 Å². The predicted molar refractivity (Wildman–Crippen MR) is 390 cm³/mol. The number of carbonyl (C=O) groups is 10. The van der Waals surface area contributed by atoms with Gasteiger partial charge in [-0.3, -0.25) is 0 Å². The van der Waals surface area contributed by atoms with Crippen molar-refractivity contribution >= 4 is 59.7 Å². The number of cyclic esters (lactones) is 5. The highest BCUT2D eigenvalue weighted by Gasteiger charge is 2.52. The van der Waals surface area contributed by atoms with E-state index < -0.39 is 43.4 Å². The molecule has 0 unspecified atom stereocenters. The predicted octanol–water partition coefficient (Wildman–Crippen LogP) is 12.1. The largest absolute Gasteiger partial charge is 0.458 e. The molecular formula is C88H76O25. The quantitative estimate of drug-likeness (QED) is 0.0513. The highest BCUT2D eigenvalue weighted by atomic mass is 16.7. The summed E-state index contributed by atoms with van der Waals surface area (Å²) in [7, 11) is 0. The average Bonchev–Trinajstić information content (AvgIpc) is 1.63. The van der Waals surface area contributed by atoms with E-state index >= 15 is 0 Å².